The van der Waals surface area contributed by atoms with E-state index in [1.165, 1.54) is 24.3 Å². The van der Waals surface area contributed by atoms with E-state index in [2.05, 4.69) is 4.99 Å². The number of hydrogen-bond acceptors (Lipinski definition) is 11. The molecule has 0 radical (unpaired) electrons. The maximum absolute atomic E-state index is 13.5. The second-order valence-electron chi connectivity index (χ2n) is 9.33. The second-order valence-corrected chi connectivity index (χ2v) is 9.33. The predicted octanol–water partition coefficient (Wildman–Crippen LogP) is -1.42. The molecule has 1 saturated heterocycles. The minimum Gasteiger partial charge on any atom is -0.504 e. The number of aliphatic hydroxyl groups excluding tert-OH is 4. The third kappa shape index (κ3) is 4.28. The molecule has 2 heterocycles. The van der Waals surface area contributed by atoms with Gasteiger partial charge in [-0.1, -0.05) is 6.07 Å². The normalized spacial score (nSPS) is 28.7. The second kappa shape index (κ2) is 9.94. The zero-order valence-electron chi connectivity index (χ0n) is 20.0. The summed E-state index contributed by atoms with van der Waals surface area (Å²) in [7, 11) is 0. The summed E-state index contributed by atoms with van der Waals surface area (Å²) in [6.07, 6.45) is -7.49. The lowest BCUT2D eigenvalue weighted by Crippen LogP contribution is -2.60. The molecule has 13 nitrogen and oxygen atoms in total. The van der Waals surface area contributed by atoms with Crippen LogP contribution in [0.15, 0.2) is 29.3 Å². The summed E-state index contributed by atoms with van der Waals surface area (Å²) in [4.78, 5) is 31.1. The highest BCUT2D eigenvalue weighted by atomic mass is 16.7. The number of carbonyl (C=O) groups is 2. The van der Waals surface area contributed by atoms with Crippen molar-refractivity contribution in [1.82, 2.24) is 0 Å². The van der Waals surface area contributed by atoms with Crippen LogP contribution in [-0.2, 0) is 16.1 Å². The highest BCUT2D eigenvalue weighted by Gasteiger charge is 2.46. The van der Waals surface area contributed by atoms with Gasteiger partial charge in [-0.25, -0.2) is 4.99 Å². The fourth-order valence-corrected chi connectivity index (χ4v) is 4.94. The number of aliphatic hydroxyl groups is 4. The van der Waals surface area contributed by atoms with Crippen LogP contribution in [-0.4, -0.2) is 87.0 Å². The molecule has 0 spiro atoms. The van der Waals surface area contributed by atoms with Gasteiger partial charge in [-0.3, -0.25) is 9.59 Å². The Morgan fingerprint density at radius 3 is 2.47 bits per heavy atom. The molecule has 2 aromatic carbocycles. The van der Waals surface area contributed by atoms with Crippen molar-refractivity contribution in [2.75, 3.05) is 13.2 Å². The van der Waals surface area contributed by atoms with Gasteiger partial charge >= 0.3 is 0 Å². The van der Waals surface area contributed by atoms with Crippen molar-refractivity contribution in [3.8, 4) is 11.5 Å². The van der Waals surface area contributed by atoms with Gasteiger partial charge in [0.15, 0.2) is 29.0 Å². The number of phenols is 1. The minimum absolute atomic E-state index is 0.0114. The number of fused-ring (bicyclic) bond motifs is 5. The first-order valence-electron chi connectivity index (χ1n) is 11.9. The molecule has 5 rings (SSSR count). The monoisotopic (exact) mass is 529 g/mol. The third-order valence-corrected chi connectivity index (χ3v) is 6.89. The molecular formula is C25H27N3O10. The van der Waals surface area contributed by atoms with Gasteiger partial charge in [-0.15, -0.1) is 0 Å². The number of benzene rings is 2. The van der Waals surface area contributed by atoms with Crippen LogP contribution in [0.1, 0.15) is 55.4 Å². The maximum Gasteiger partial charge on any atom is 0.229 e. The maximum atomic E-state index is 13.5. The Labute approximate surface area is 215 Å². The van der Waals surface area contributed by atoms with Crippen LogP contribution in [0.25, 0.3) is 0 Å². The summed E-state index contributed by atoms with van der Waals surface area (Å²) in [6.45, 7) is -0.499. The van der Waals surface area contributed by atoms with Crippen molar-refractivity contribution >= 4 is 17.5 Å². The number of ether oxygens (including phenoxy) is 3. The van der Waals surface area contributed by atoms with Crippen molar-refractivity contribution in [1.29, 1.82) is 0 Å². The molecule has 9 N–H and O–H groups in total. The van der Waals surface area contributed by atoms with Gasteiger partial charge in [0, 0.05) is 28.9 Å². The third-order valence-electron chi connectivity index (χ3n) is 6.89. The van der Waals surface area contributed by atoms with Crippen LogP contribution < -0.4 is 16.2 Å². The highest BCUT2D eigenvalue weighted by Crippen LogP contribution is 2.46. The molecule has 6 atom stereocenters. The van der Waals surface area contributed by atoms with E-state index in [9.17, 15) is 35.1 Å². The molecule has 0 aromatic heterocycles. The van der Waals surface area contributed by atoms with Gasteiger partial charge in [-0.05, 0) is 30.2 Å². The Bertz CT molecular complexity index is 1320. The standard InChI is InChI=1S/C25H27N3O10/c26-25(27)28-14-3-4-36-8-15-19(32)21(34)22(35)24(37-15)38-23-12(14)6-13-16(20(23)33)18(31)11-5-9(7-29)1-2-10(11)17(13)30/h1-2,5-6,14-15,19,21-22,24,29,32-35H,3-4,7-8H2,(H4,26,27,28)/t14-,15-,19-,21+,22-,24+/m0/s1. The number of aliphatic imine (C=N–C) groups is 1. The van der Waals surface area contributed by atoms with E-state index in [4.69, 9.17) is 25.7 Å². The average molecular weight is 530 g/mol. The van der Waals surface area contributed by atoms with Crippen LogP contribution in [0.4, 0.5) is 0 Å². The lowest BCUT2D eigenvalue weighted by molar-refractivity contribution is -0.279. The van der Waals surface area contributed by atoms with Crippen molar-refractivity contribution in [3.05, 3.63) is 57.6 Å². The molecule has 2 aromatic rings. The molecule has 0 unspecified atom stereocenters. The Morgan fingerprint density at radius 1 is 1.00 bits per heavy atom. The van der Waals surface area contributed by atoms with Crippen molar-refractivity contribution < 1.29 is 49.3 Å². The number of carbonyl (C=O) groups excluding carboxylic acids is 2. The number of phenolic OH excluding ortho intramolecular Hbond substituents is 1. The van der Waals surface area contributed by atoms with E-state index in [-0.39, 0.29) is 65.8 Å². The van der Waals surface area contributed by atoms with E-state index >= 15 is 0 Å². The Kier molecular flexibility index (Phi) is 6.81. The average Bonchev–Trinajstić information content (AvgIpc) is 2.92. The van der Waals surface area contributed by atoms with Gasteiger partial charge in [0.25, 0.3) is 0 Å². The number of guanidine groups is 1. The minimum atomic E-state index is -1.75. The highest BCUT2D eigenvalue weighted by molar-refractivity contribution is 6.29. The Balaban J connectivity index is 1.71. The largest absolute Gasteiger partial charge is 0.504 e. The summed E-state index contributed by atoms with van der Waals surface area (Å²) in [5.41, 5.74) is 11.4. The lowest BCUT2D eigenvalue weighted by Gasteiger charge is -2.40. The number of rotatable bonds is 2. The van der Waals surface area contributed by atoms with Crippen LogP contribution in [0.3, 0.4) is 0 Å². The summed E-state index contributed by atoms with van der Waals surface area (Å²) >= 11 is 0. The molecule has 2 aliphatic heterocycles. The summed E-state index contributed by atoms with van der Waals surface area (Å²) < 4.78 is 17.1. The molecule has 0 saturated carbocycles. The molecule has 202 valence electrons. The van der Waals surface area contributed by atoms with Crippen molar-refractivity contribution in [2.24, 2.45) is 16.5 Å². The van der Waals surface area contributed by atoms with Crippen molar-refractivity contribution in [2.45, 2.75) is 49.8 Å². The van der Waals surface area contributed by atoms with Crippen molar-refractivity contribution in [3.63, 3.8) is 0 Å². The molecule has 0 amide bonds. The van der Waals surface area contributed by atoms with Gasteiger partial charge in [0.2, 0.25) is 6.29 Å². The quantitative estimate of drug-likeness (QED) is 0.150. The number of nitrogens with two attached hydrogens (primary N) is 2. The Hall–Kier alpha value is -3.59. The molecule has 2 bridgehead atoms. The van der Waals surface area contributed by atoms with Crippen LogP contribution in [0, 0.1) is 0 Å². The summed E-state index contributed by atoms with van der Waals surface area (Å²) in [5, 5.41) is 52.1. The zero-order chi connectivity index (χ0) is 27.3. The number of hydrogen-bond donors (Lipinski definition) is 7. The topological polar surface area (TPSA) is 227 Å². The molecule has 3 aliphatic rings. The van der Waals surface area contributed by atoms with Crippen LogP contribution in [0.2, 0.25) is 0 Å². The van der Waals surface area contributed by atoms with E-state index < -0.39 is 54.1 Å². The van der Waals surface area contributed by atoms with Gasteiger partial charge < -0.3 is 51.2 Å². The van der Waals surface area contributed by atoms with E-state index in [1.807, 2.05) is 0 Å². The summed E-state index contributed by atoms with van der Waals surface area (Å²) in [6, 6.07) is 4.72. The van der Waals surface area contributed by atoms with Gasteiger partial charge in [0.05, 0.1) is 24.8 Å². The summed E-state index contributed by atoms with van der Waals surface area (Å²) in [5.74, 6) is -2.63. The zero-order valence-corrected chi connectivity index (χ0v) is 20.0. The number of ketones is 2. The SMILES string of the molecule is NC(N)=N[C@H]1CCOC[C@@H]2O[C@H](Oc3c1cc1c(c3O)C(=O)c3cc(CO)ccc3C1=O)[C@@H](O)[C@H](O)[C@H]2O. The number of nitrogens with zero attached hydrogens (tertiary/aromatic N) is 1. The van der Waals surface area contributed by atoms with E-state index in [0.717, 1.165) is 0 Å². The molecule has 38 heavy (non-hydrogen) atoms. The van der Waals surface area contributed by atoms with Gasteiger partial charge in [-0.2, -0.15) is 0 Å². The first kappa shape index (κ1) is 26.0. The van der Waals surface area contributed by atoms with Gasteiger partial charge in [0.1, 0.15) is 24.4 Å². The van der Waals surface area contributed by atoms with E-state index in [1.54, 1.807) is 0 Å². The first-order chi connectivity index (χ1) is 18.1. The van der Waals surface area contributed by atoms with Crippen LogP contribution >= 0.6 is 0 Å². The first-order valence-corrected chi connectivity index (χ1v) is 11.9. The molecule has 13 heteroatoms. The van der Waals surface area contributed by atoms with Crippen LogP contribution in [0.5, 0.6) is 11.5 Å². The molecular weight excluding hydrogens is 502 g/mol. The fraction of sp³-hybridized carbons (Fsp3) is 0.400. The predicted molar refractivity (Wildman–Crippen MR) is 129 cm³/mol. The van der Waals surface area contributed by atoms with E-state index in [0.29, 0.717) is 5.56 Å². The molecule has 1 fully saturated rings. The Morgan fingerprint density at radius 2 is 1.76 bits per heavy atom. The molecule has 1 aliphatic carbocycles. The fourth-order valence-electron chi connectivity index (χ4n) is 4.94. The lowest BCUT2D eigenvalue weighted by atomic mass is 9.81. The smallest absolute Gasteiger partial charge is 0.229 e. The number of aromatic hydroxyl groups is 1.